The van der Waals surface area contributed by atoms with Crippen LogP contribution in [0.3, 0.4) is 0 Å². The molecule has 0 aliphatic rings. The molecule has 0 radical (unpaired) electrons. The van der Waals surface area contributed by atoms with Crippen LogP contribution in [-0.4, -0.2) is 33.5 Å². The summed E-state index contributed by atoms with van der Waals surface area (Å²) in [6.07, 6.45) is 0. The number of rotatable bonds is 5. The zero-order valence-corrected chi connectivity index (χ0v) is 13.0. The largest absolute Gasteiger partial charge is 0.465 e. The molecule has 0 fully saturated rings. The van der Waals surface area contributed by atoms with Crippen LogP contribution in [-0.2, 0) is 16.1 Å². The second-order valence-electron chi connectivity index (χ2n) is 4.96. The van der Waals surface area contributed by atoms with Gasteiger partial charge in [0.15, 0.2) is 0 Å². The van der Waals surface area contributed by atoms with Gasteiger partial charge in [-0.3, -0.25) is 4.79 Å². The molecule has 7 nitrogen and oxygen atoms in total. The first-order valence-corrected chi connectivity index (χ1v) is 7.43. The molecular formula is C17H15N3O4. The molecule has 0 spiro atoms. The van der Waals surface area contributed by atoms with Gasteiger partial charge in [0.1, 0.15) is 17.8 Å². The summed E-state index contributed by atoms with van der Waals surface area (Å²) < 4.78 is 11.6. The Labute approximate surface area is 137 Å². The van der Waals surface area contributed by atoms with Crippen molar-refractivity contribution in [3.63, 3.8) is 0 Å². The number of fused-ring (bicyclic) bond motifs is 1. The normalized spacial score (nSPS) is 10.5. The topological polar surface area (TPSA) is 83.3 Å². The van der Waals surface area contributed by atoms with E-state index in [1.807, 2.05) is 6.07 Å². The van der Waals surface area contributed by atoms with E-state index < -0.39 is 11.9 Å². The highest BCUT2D eigenvalue weighted by atomic mass is 16.5. The second kappa shape index (κ2) is 6.91. The number of ether oxygens (including phenoxy) is 2. The predicted octanol–water partition coefficient (Wildman–Crippen LogP) is 2.21. The van der Waals surface area contributed by atoms with Gasteiger partial charge < -0.3 is 9.47 Å². The Hall–Kier alpha value is -3.22. The highest BCUT2D eigenvalue weighted by Crippen LogP contribution is 2.16. The van der Waals surface area contributed by atoms with Crippen molar-refractivity contribution in [1.29, 1.82) is 0 Å². The fraction of sp³-hybridized carbons (Fsp3) is 0.176. The zero-order chi connectivity index (χ0) is 16.9. The van der Waals surface area contributed by atoms with E-state index in [1.54, 1.807) is 49.4 Å². The lowest BCUT2D eigenvalue weighted by molar-refractivity contribution is -0.143. The van der Waals surface area contributed by atoms with Gasteiger partial charge in [-0.05, 0) is 37.3 Å². The molecule has 1 heterocycles. The average molecular weight is 325 g/mol. The van der Waals surface area contributed by atoms with Crippen molar-refractivity contribution in [3.05, 3.63) is 54.1 Å². The van der Waals surface area contributed by atoms with E-state index in [0.717, 1.165) is 0 Å². The molecule has 3 rings (SSSR count). The van der Waals surface area contributed by atoms with Gasteiger partial charge in [-0.1, -0.05) is 23.4 Å². The monoisotopic (exact) mass is 325 g/mol. The van der Waals surface area contributed by atoms with Gasteiger partial charge in [-0.2, -0.15) is 0 Å². The van der Waals surface area contributed by atoms with Gasteiger partial charge in [-0.25, -0.2) is 9.48 Å². The summed E-state index contributed by atoms with van der Waals surface area (Å²) in [6, 6.07) is 13.7. The Morgan fingerprint density at radius 1 is 1.12 bits per heavy atom. The first kappa shape index (κ1) is 15.7. The minimum atomic E-state index is -0.483. The van der Waals surface area contributed by atoms with E-state index in [4.69, 9.17) is 9.47 Å². The lowest BCUT2D eigenvalue weighted by Crippen LogP contribution is -2.14. The molecule has 3 aromatic rings. The lowest BCUT2D eigenvalue weighted by Gasteiger charge is -2.04. The molecule has 7 heteroatoms. The van der Waals surface area contributed by atoms with Crippen LogP contribution in [0.4, 0.5) is 0 Å². The summed E-state index contributed by atoms with van der Waals surface area (Å²) in [5.41, 5.74) is 1.50. The summed E-state index contributed by atoms with van der Waals surface area (Å²) >= 11 is 0. The molecule has 122 valence electrons. The van der Waals surface area contributed by atoms with Gasteiger partial charge in [-0.15, -0.1) is 5.10 Å². The molecule has 0 bridgehead atoms. The van der Waals surface area contributed by atoms with E-state index in [9.17, 15) is 9.59 Å². The number of aromatic nitrogens is 3. The highest BCUT2D eigenvalue weighted by molar-refractivity contribution is 5.94. The van der Waals surface area contributed by atoms with Gasteiger partial charge in [0.2, 0.25) is 0 Å². The maximum atomic E-state index is 12.2. The summed E-state index contributed by atoms with van der Waals surface area (Å²) in [5.74, 6) is -0.409. The van der Waals surface area contributed by atoms with Gasteiger partial charge in [0.25, 0.3) is 0 Å². The maximum absolute atomic E-state index is 12.2. The van der Waals surface area contributed by atoms with E-state index in [0.29, 0.717) is 29.0 Å². The number of carbonyl (C=O) groups is 2. The van der Waals surface area contributed by atoms with Crippen molar-refractivity contribution in [1.82, 2.24) is 15.0 Å². The van der Waals surface area contributed by atoms with Gasteiger partial charge in [0, 0.05) is 0 Å². The number of hydrogen-bond acceptors (Lipinski definition) is 6. The van der Waals surface area contributed by atoms with Crippen LogP contribution in [0, 0.1) is 0 Å². The fourth-order valence-electron chi connectivity index (χ4n) is 2.20. The molecule has 0 aliphatic heterocycles. The van der Waals surface area contributed by atoms with Crippen LogP contribution in [0.1, 0.15) is 17.3 Å². The minimum Gasteiger partial charge on any atom is -0.465 e. The Kier molecular flexibility index (Phi) is 4.51. The third-order valence-electron chi connectivity index (χ3n) is 3.29. The van der Waals surface area contributed by atoms with Crippen LogP contribution < -0.4 is 4.74 Å². The smallest absolute Gasteiger partial charge is 0.343 e. The van der Waals surface area contributed by atoms with Crippen molar-refractivity contribution in [3.8, 4) is 5.75 Å². The molecule has 0 amide bonds. The molecular weight excluding hydrogens is 310 g/mol. The third-order valence-corrected chi connectivity index (χ3v) is 3.29. The van der Waals surface area contributed by atoms with Crippen molar-refractivity contribution >= 4 is 23.0 Å². The molecule has 2 aromatic carbocycles. The Morgan fingerprint density at radius 2 is 1.92 bits per heavy atom. The van der Waals surface area contributed by atoms with Crippen molar-refractivity contribution < 1.29 is 19.1 Å². The Bertz CT molecular complexity index is 874. The summed E-state index contributed by atoms with van der Waals surface area (Å²) in [4.78, 5) is 23.7. The Morgan fingerprint density at radius 3 is 2.67 bits per heavy atom. The van der Waals surface area contributed by atoms with Crippen LogP contribution >= 0.6 is 0 Å². The van der Waals surface area contributed by atoms with E-state index in [1.165, 1.54) is 4.68 Å². The van der Waals surface area contributed by atoms with E-state index in [2.05, 4.69) is 10.3 Å². The second-order valence-corrected chi connectivity index (χ2v) is 4.96. The number of benzene rings is 2. The summed E-state index contributed by atoms with van der Waals surface area (Å²) in [6.45, 7) is 2.01. The first-order valence-electron chi connectivity index (χ1n) is 7.43. The summed E-state index contributed by atoms with van der Waals surface area (Å²) in [7, 11) is 0. The highest BCUT2D eigenvalue weighted by Gasteiger charge is 2.14. The predicted molar refractivity (Wildman–Crippen MR) is 85.6 cm³/mol. The quantitative estimate of drug-likeness (QED) is 0.528. The third kappa shape index (κ3) is 3.40. The first-order chi connectivity index (χ1) is 11.7. The number of hydrogen-bond donors (Lipinski definition) is 0. The van der Waals surface area contributed by atoms with E-state index >= 15 is 0 Å². The molecule has 0 unspecified atom stereocenters. The molecule has 0 saturated heterocycles. The molecule has 0 N–H and O–H groups in total. The zero-order valence-electron chi connectivity index (χ0n) is 13.0. The van der Waals surface area contributed by atoms with Crippen molar-refractivity contribution in [2.75, 3.05) is 6.61 Å². The lowest BCUT2D eigenvalue weighted by atomic mass is 10.2. The average Bonchev–Trinajstić information content (AvgIpc) is 2.98. The number of para-hydroxylation sites is 1. The van der Waals surface area contributed by atoms with Crippen LogP contribution in [0.15, 0.2) is 48.5 Å². The number of carbonyl (C=O) groups excluding carboxylic acids is 2. The van der Waals surface area contributed by atoms with Crippen molar-refractivity contribution in [2.24, 2.45) is 0 Å². The molecule has 0 aliphatic carbocycles. The fourth-order valence-corrected chi connectivity index (χ4v) is 2.20. The SMILES string of the molecule is CCOC(=O)Cn1nnc2cc(C(=O)Oc3ccccc3)ccc21. The molecule has 0 saturated carbocycles. The maximum Gasteiger partial charge on any atom is 0.343 e. The molecule has 0 atom stereocenters. The van der Waals surface area contributed by atoms with Gasteiger partial charge in [0.05, 0.1) is 17.7 Å². The molecule has 1 aromatic heterocycles. The van der Waals surface area contributed by atoms with Crippen LogP contribution in [0.5, 0.6) is 5.75 Å². The van der Waals surface area contributed by atoms with Crippen molar-refractivity contribution in [2.45, 2.75) is 13.5 Å². The van der Waals surface area contributed by atoms with Crippen LogP contribution in [0.25, 0.3) is 11.0 Å². The standard InChI is InChI=1S/C17H15N3O4/c1-2-23-16(21)11-20-15-9-8-12(10-14(15)18-19-20)17(22)24-13-6-4-3-5-7-13/h3-10H,2,11H2,1H3. The number of nitrogens with zero attached hydrogens (tertiary/aromatic N) is 3. The van der Waals surface area contributed by atoms with Gasteiger partial charge >= 0.3 is 11.9 Å². The number of esters is 2. The molecule has 24 heavy (non-hydrogen) atoms. The summed E-state index contributed by atoms with van der Waals surface area (Å²) in [5, 5.41) is 7.90. The minimum absolute atomic E-state index is 0.0296. The Balaban J connectivity index is 1.79. The van der Waals surface area contributed by atoms with E-state index in [-0.39, 0.29) is 6.54 Å². The van der Waals surface area contributed by atoms with Crippen LogP contribution in [0.2, 0.25) is 0 Å².